The van der Waals surface area contributed by atoms with Crippen molar-refractivity contribution in [2.75, 3.05) is 7.11 Å². The van der Waals surface area contributed by atoms with Crippen LogP contribution in [-0.2, 0) is 4.74 Å². The molecule has 1 aromatic carbocycles. The maximum atomic E-state index is 5.67. The Balaban J connectivity index is 1.64. The molecule has 2 aliphatic carbocycles. The predicted octanol–water partition coefficient (Wildman–Crippen LogP) is 6.25. The van der Waals surface area contributed by atoms with Crippen LogP contribution >= 0.6 is 7.92 Å². The molecule has 0 spiro atoms. The fourth-order valence-electron chi connectivity index (χ4n) is 5.76. The number of piperidine rings is 1. The Kier molecular flexibility index (Phi) is 7.25. The van der Waals surface area contributed by atoms with Crippen molar-refractivity contribution in [2.45, 2.75) is 107 Å². The third-order valence-electron chi connectivity index (χ3n) is 7.16. The minimum atomic E-state index is -0.0370. The largest absolute Gasteiger partial charge is 0.367 e. The summed E-state index contributed by atoms with van der Waals surface area (Å²) in [6, 6.07) is 10.0. The van der Waals surface area contributed by atoms with Gasteiger partial charge >= 0.3 is 0 Å². The number of nitrogens with one attached hydrogen (secondary N) is 1. The van der Waals surface area contributed by atoms with Crippen LogP contribution in [-0.4, -0.2) is 24.7 Å². The van der Waals surface area contributed by atoms with Gasteiger partial charge in [0, 0.05) is 13.2 Å². The van der Waals surface area contributed by atoms with Crippen molar-refractivity contribution in [1.29, 1.82) is 0 Å². The van der Waals surface area contributed by atoms with Crippen LogP contribution in [0, 0.1) is 0 Å². The second kappa shape index (κ2) is 9.86. The molecule has 2 unspecified atom stereocenters. The van der Waals surface area contributed by atoms with E-state index in [1.807, 2.05) is 7.11 Å². The van der Waals surface area contributed by atoms with E-state index in [2.05, 4.69) is 29.6 Å². The number of benzene rings is 1. The standard InChI is InChI=1S/C24H38NOP/c1-26-24-18-10-16-22(25-24)21-15-8-9-17-23(21)27(19-11-4-2-5-12-19)20-13-6-3-7-14-20/h8-9,15,17,19-20,22,24-25H,2-7,10-14,16,18H2,1H3. The molecule has 0 bridgehead atoms. The summed E-state index contributed by atoms with van der Waals surface area (Å²) in [5, 5.41) is 5.56. The lowest BCUT2D eigenvalue weighted by atomic mass is 9.96. The molecule has 4 rings (SSSR count). The summed E-state index contributed by atoms with van der Waals surface area (Å²) >= 11 is 0. The van der Waals surface area contributed by atoms with Crippen LogP contribution < -0.4 is 10.6 Å². The Morgan fingerprint density at radius 2 is 1.41 bits per heavy atom. The highest BCUT2D eigenvalue weighted by molar-refractivity contribution is 7.67. The van der Waals surface area contributed by atoms with Crippen LogP contribution in [0.15, 0.2) is 24.3 Å². The monoisotopic (exact) mass is 387 g/mol. The summed E-state index contributed by atoms with van der Waals surface area (Å²) < 4.78 is 5.67. The lowest BCUT2D eigenvalue weighted by Gasteiger charge is -2.41. The van der Waals surface area contributed by atoms with Gasteiger partial charge in [-0.05, 0) is 67.1 Å². The highest BCUT2D eigenvalue weighted by Crippen LogP contribution is 2.55. The fraction of sp³-hybridized carbons (Fsp3) is 0.750. The summed E-state index contributed by atoms with van der Waals surface area (Å²) in [6.45, 7) is 0. The smallest absolute Gasteiger partial charge is 0.108 e. The number of hydrogen-bond acceptors (Lipinski definition) is 2. The van der Waals surface area contributed by atoms with Gasteiger partial charge in [-0.2, -0.15) is 0 Å². The van der Waals surface area contributed by atoms with Crippen LogP contribution in [0.1, 0.15) is 95.1 Å². The van der Waals surface area contributed by atoms with Crippen molar-refractivity contribution in [3.05, 3.63) is 29.8 Å². The zero-order valence-electron chi connectivity index (χ0n) is 17.2. The Bertz CT molecular complexity index is 561. The van der Waals surface area contributed by atoms with Gasteiger partial charge in [-0.25, -0.2) is 0 Å². The maximum Gasteiger partial charge on any atom is 0.108 e. The Hall–Kier alpha value is -0.430. The van der Waals surface area contributed by atoms with Gasteiger partial charge in [0.1, 0.15) is 6.23 Å². The maximum absolute atomic E-state index is 5.67. The zero-order valence-corrected chi connectivity index (χ0v) is 18.1. The molecule has 3 aliphatic rings. The van der Waals surface area contributed by atoms with Gasteiger partial charge in [-0.3, -0.25) is 5.32 Å². The molecule has 1 N–H and O–H groups in total. The molecular formula is C24H38NOP. The first-order chi connectivity index (χ1) is 13.4. The van der Waals surface area contributed by atoms with E-state index in [-0.39, 0.29) is 14.1 Å². The van der Waals surface area contributed by atoms with Crippen molar-refractivity contribution in [3.63, 3.8) is 0 Å². The van der Waals surface area contributed by atoms with E-state index < -0.39 is 0 Å². The summed E-state index contributed by atoms with van der Waals surface area (Å²) in [5.41, 5.74) is 3.56. The van der Waals surface area contributed by atoms with Crippen LogP contribution in [0.3, 0.4) is 0 Å². The third-order valence-corrected chi connectivity index (χ3v) is 10.7. The number of hydrogen-bond donors (Lipinski definition) is 1. The Labute approximate surface area is 167 Å². The number of ether oxygens (including phenoxy) is 1. The summed E-state index contributed by atoms with van der Waals surface area (Å²) in [7, 11) is 1.81. The highest BCUT2D eigenvalue weighted by Gasteiger charge is 2.35. The second-order valence-corrected chi connectivity index (χ2v) is 11.7. The topological polar surface area (TPSA) is 21.3 Å². The van der Waals surface area contributed by atoms with Gasteiger partial charge in [0.15, 0.2) is 0 Å². The lowest BCUT2D eigenvalue weighted by Crippen LogP contribution is -2.40. The van der Waals surface area contributed by atoms with Crippen molar-refractivity contribution in [2.24, 2.45) is 0 Å². The fourth-order valence-corrected chi connectivity index (χ4v) is 9.77. The molecule has 0 amide bonds. The van der Waals surface area contributed by atoms with Crippen LogP contribution in [0.2, 0.25) is 0 Å². The van der Waals surface area contributed by atoms with Gasteiger partial charge < -0.3 is 4.74 Å². The molecule has 150 valence electrons. The average Bonchev–Trinajstić information content (AvgIpc) is 2.76. The lowest BCUT2D eigenvalue weighted by molar-refractivity contribution is 0.0362. The molecule has 2 atom stereocenters. The van der Waals surface area contributed by atoms with Gasteiger partial charge in [0.05, 0.1) is 0 Å². The van der Waals surface area contributed by atoms with Crippen molar-refractivity contribution in [3.8, 4) is 0 Å². The molecular weight excluding hydrogens is 349 g/mol. The third kappa shape index (κ3) is 4.77. The van der Waals surface area contributed by atoms with Crippen LogP contribution in [0.5, 0.6) is 0 Å². The zero-order chi connectivity index (χ0) is 18.5. The predicted molar refractivity (Wildman–Crippen MR) is 117 cm³/mol. The summed E-state index contributed by atoms with van der Waals surface area (Å²) in [6.07, 6.45) is 18.6. The first kappa shape index (κ1) is 19.9. The summed E-state index contributed by atoms with van der Waals surface area (Å²) in [5.74, 6) is 0. The van der Waals surface area contributed by atoms with E-state index in [1.54, 1.807) is 10.9 Å². The molecule has 0 aromatic heterocycles. The molecule has 2 saturated carbocycles. The van der Waals surface area contributed by atoms with E-state index in [0.29, 0.717) is 6.04 Å². The molecule has 2 nitrogen and oxygen atoms in total. The van der Waals surface area contributed by atoms with Crippen molar-refractivity contribution in [1.82, 2.24) is 5.32 Å². The molecule has 27 heavy (non-hydrogen) atoms. The van der Waals surface area contributed by atoms with Gasteiger partial charge in [0.25, 0.3) is 0 Å². The van der Waals surface area contributed by atoms with Gasteiger partial charge in [-0.1, -0.05) is 70.7 Å². The molecule has 3 fully saturated rings. The minimum Gasteiger partial charge on any atom is -0.367 e. The van der Waals surface area contributed by atoms with E-state index in [0.717, 1.165) is 17.7 Å². The van der Waals surface area contributed by atoms with Crippen molar-refractivity contribution >= 4 is 13.2 Å². The van der Waals surface area contributed by atoms with E-state index in [9.17, 15) is 0 Å². The number of rotatable bonds is 5. The molecule has 1 saturated heterocycles. The molecule has 3 heteroatoms. The normalized spacial score (nSPS) is 28.5. The second-order valence-electron chi connectivity index (χ2n) is 8.92. The van der Waals surface area contributed by atoms with E-state index in [4.69, 9.17) is 4.74 Å². The first-order valence-electron chi connectivity index (χ1n) is 11.5. The molecule has 1 aliphatic heterocycles. The van der Waals surface area contributed by atoms with Gasteiger partial charge in [0.2, 0.25) is 0 Å². The van der Waals surface area contributed by atoms with Crippen molar-refractivity contribution < 1.29 is 4.74 Å². The molecule has 0 radical (unpaired) electrons. The minimum absolute atomic E-state index is 0.0370. The van der Waals surface area contributed by atoms with Gasteiger partial charge in [-0.15, -0.1) is 0 Å². The molecule has 1 aromatic rings. The van der Waals surface area contributed by atoms with Crippen LogP contribution in [0.4, 0.5) is 0 Å². The SMILES string of the molecule is COC1CCCC(c2ccccc2P(C2CCCCC2)C2CCCCC2)N1. The Morgan fingerprint density at radius 1 is 0.778 bits per heavy atom. The molecule has 1 heterocycles. The van der Waals surface area contributed by atoms with E-state index >= 15 is 0 Å². The average molecular weight is 388 g/mol. The first-order valence-corrected chi connectivity index (χ1v) is 13.0. The Morgan fingerprint density at radius 3 is 2.04 bits per heavy atom. The number of methoxy groups -OCH3 is 1. The quantitative estimate of drug-likeness (QED) is 0.603. The highest BCUT2D eigenvalue weighted by atomic mass is 31.1. The summed E-state index contributed by atoms with van der Waals surface area (Å²) in [4.78, 5) is 0. The van der Waals surface area contributed by atoms with Crippen LogP contribution in [0.25, 0.3) is 0 Å². The van der Waals surface area contributed by atoms with E-state index in [1.165, 1.54) is 77.0 Å².